The molecule has 0 aromatic carbocycles. The van der Waals surface area contributed by atoms with Crippen LogP contribution in [0.4, 0.5) is 10.2 Å². The van der Waals surface area contributed by atoms with Crippen LogP contribution in [0.3, 0.4) is 0 Å². The molecular formula is C11H14FN3O. The number of nitrogens with one attached hydrogen (secondary N) is 2. The van der Waals surface area contributed by atoms with E-state index in [9.17, 15) is 9.18 Å². The Balaban J connectivity index is 1.93. The maximum absolute atomic E-state index is 12.6. The van der Waals surface area contributed by atoms with Crippen molar-refractivity contribution in [2.45, 2.75) is 25.3 Å². The molecule has 1 aliphatic rings. The molecule has 0 spiro atoms. The first-order valence-electron chi connectivity index (χ1n) is 5.41. The van der Waals surface area contributed by atoms with Gasteiger partial charge in [-0.1, -0.05) is 6.42 Å². The summed E-state index contributed by atoms with van der Waals surface area (Å²) in [5, 5.41) is 5.80. The highest BCUT2D eigenvalue weighted by molar-refractivity contribution is 5.94. The van der Waals surface area contributed by atoms with Gasteiger partial charge in [0.1, 0.15) is 11.6 Å². The number of aromatic nitrogens is 1. The molecule has 1 aromatic heterocycles. The van der Waals surface area contributed by atoms with Crippen LogP contribution in [0.5, 0.6) is 0 Å². The smallest absolute Gasteiger partial charge is 0.242 e. The van der Waals surface area contributed by atoms with Crippen LogP contribution in [0.1, 0.15) is 19.3 Å². The number of carbonyl (C=O) groups is 1. The van der Waals surface area contributed by atoms with Gasteiger partial charge in [-0.3, -0.25) is 4.79 Å². The molecule has 2 rings (SSSR count). The molecule has 0 radical (unpaired) electrons. The summed E-state index contributed by atoms with van der Waals surface area (Å²) in [6.07, 6.45) is 4.09. The molecule has 0 bridgehead atoms. The summed E-state index contributed by atoms with van der Waals surface area (Å²) in [7, 11) is 0. The van der Waals surface area contributed by atoms with Crippen molar-refractivity contribution in [1.82, 2.24) is 10.3 Å². The van der Waals surface area contributed by atoms with Crippen LogP contribution >= 0.6 is 0 Å². The van der Waals surface area contributed by atoms with E-state index in [0.29, 0.717) is 5.82 Å². The molecule has 1 amide bonds. The van der Waals surface area contributed by atoms with Gasteiger partial charge in [0.25, 0.3) is 0 Å². The second-order valence-electron chi connectivity index (χ2n) is 3.85. The summed E-state index contributed by atoms with van der Waals surface area (Å²) < 4.78 is 12.6. The lowest BCUT2D eigenvalue weighted by Crippen LogP contribution is -2.43. The Morgan fingerprint density at radius 2 is 2.38 bits per heavy atom. The third kappa shape index (κ3) is 2.76. The summed E-state index contributed by atoms with van der Waals surface area (Å²) in [6.45, 7) is 0.870. The predicted octanol–water partition coefficient (Wildman–Crippen LogP) is 1.30. The molecule has 2 N–H and O–H groups in total. The maximum atomic E-state index is 12.6. The molecule has 4 nitrogen and oxygen atoms in total. The number of rotatable bonds is 2. The largest absolute Gasteiger partial charge is 0.309 e. The number of piperidine rings is 1. The summed E-state index contributed by atoms with van der Waals surface area (Å²) >= 11 is 0. The Hall–Kier alpha value is -1.49. The van der Waals surface area contributed by atoms with Gasteiger partial charge in [0, 0.05) is 0 Å². The van der Waals surface area contributed by atoms with Crippen LogP contribution in [0.2, 0.25) is 0 Å². The zero-order valence-corrected chi connectivity index (χ0v) is 8.87. The lowest BCUT2D eigenvalue weighted by Gasteiger charge is -2.22. The minimum absolute atomic E-state index is 0.0983. The number of anilines is 1. The third-order valence-corrected chi connectivity index (χ3v) is 2.61. The lowest BCUT2D eigenvalue weighted by molar-refractivity contribution is -0.118. The Morgan fingerprint density at radius 3 is 3.00 bits per heavy atom. The average Bonchev–Trinajstić information content (AvgIpc) is 2.33. The highest BCUT2D eigenvalue weighted by Gasteiger charge is 2.20. The van der Waals surface area contributed by atoms with Gasteiger partial charge < -0.3 is 10.6 Å². The number of hydrogen-bond acceptors (Lipinski definition) is 3. The van der Waals surface area contributed by atoms with E-state index >= 15 is 0 Å². The molecule has 1 aromatic rings. The van der Waals surface area contributed by atoms with Crippen molar-refractivity contribution in [2.75, 3.05) is 11.9 Å². The molecule has 1 atom stereocenters. The second-order valence-corrected chi connectivity index (χ2v) is 3.85. The van der Waals surface area contributed by atoms with Gasteiger partial charge in [-0.2, -0.15) is 0 Å². The van der Waals surface area contributed by atoms with Crippen molar-refractivity contribution in [1.29, 1.82) is 0 Å². The van der Waals surface area contributed by atoms with Crippen molar-refractivity contribution < 1.29 is 9.18 Å². The Kier molecular flexibility index (Phi) is 3.46. The van der Waals surface area contributed by atoms with E-state index < -0.39 is 5.82 Å². The van der Waals surface area contributed by atoms with E-state index in [4.69, 9.17) is 0 Å². The minimum atomic E-state index is -0.409. The number of amides is 1. The molecule has 1 fully saturated rings. The number of hydrogen-bond donors (Lipinski definition) is 2. The van der Waals surface area contributed by atoms with E-state index in [1.807, 2.05) is 0 Å². The molecule has 5 heteroatoms. The summed E-state index contributed by atoms with van der Waals surface area (Å²) in [4.78, 5) is 15.5. The van der Waals surface area contributed by atoms with Gasteiger partial charge in [-0.15, -0.1) is 0 Å². The summed E-state index contributed by atoms with van der Waals surface area (Å²) in [5.41, 5.74) is 0. The van der Waals surface area contributed by atoms with Gasteiger partial charge in [-0.05, 0) is 31.5 Å². The molecule has 0 unspecified atom stereocenters. The Morgan fingerprint density at radius 1 is 1.50 bits per heavy atom. The Labute approximate surface area is 93.3 Å². The maximum Gasteiger partial charge on any atom is 0.242 e. The quantitative estimate of drug-likeness (QED) is 0.794. The van der Waals surface area contributed by atoms with Gasteiger partial charge in [0.2, 0.25) is 5.91 Å². The van der Waals surface area contributed by atoms with Crippen molar-refractivity contribution in [3.05, 3.63) is 24.1 Å². The number of carbonyl (C=O) groups excluding carboxylic acids is 1. The fraction of sp³-hybridized carbons (Fsp3) is 0.455. The normalized spacial score (nSPS) is 20.4. The number of pyridine rings is 1. The number of nitrogens with zero attached hydrogens (tertiary/aromatic N) is 1. The van der Waals surface area contributed by atoms with E-state index in [-0.39, 0.29) is 11.9 Å². The Bertz CT molecular complexity index is 360. The molecule has 2 heterocycles. The van der Waals surface area contributed by atoms with Gasteiger partial charge in [0.05, 0.1) is 12.2 Å². The second kappa shape index (κ2) is 5.03. The van der Waals surface area contributed by atoms with Gasteiger partial charge >= 0.3 is 0 Å². The average molecular weight is 223 g/mol. The first-order chi connectivity index (χ1) is 7.75. The van der Waals surface area contributed by atoms with Crippen molar-refractivity contribution >= 4 is 11.7 Å². The van der Waals surface area contributed by atoms with Crippen molar-refractivity contribution in [3.63, 3.8) is 0 Å². The van der Waals surface area contributed by atoms with E-state index in [1.54, 1.807) is 0 Å². The first-order valence-corrected chi connectivity index (χ1v) is 5.41. The molecular weight excluding hydrogens is 209 g/mol. The fourth-order valence-corrected chi connectivity index (χ4v) is 1.74. The van der Waals surface area contributed by atoms with E-state index in [1.165, 1.54) is 12.1 Å². The van der Waals surface area contributed by atoms with E-state index in [0.717, 1.165) is 32.0 Å². The van der Waals surface area contributed by atoms with Crippen molar-refractivity contribution in [2.24, 2.45) is 0 Å². The molecule has 86 valence electrons. The van der Waals surface area contributed by atoms with Gasteiger partial charge in [-0.25, -0.2) is 9.37 Å². The van der Waals surface area contributed by atoms with Crippen LogP contribution in [0.15, 0.2) is 18.3 Å². The molecule has 0 saturated carbocycles. The fourth-order valence-electron chi connectivity index (χ4n) is 1.74. The lowest BCUT2D eigenvalue weighted by atomic mass is 10.0. The molecule has 1 saturated heterocycles. The highest BCUT2D eigenvalue weighted by Crippen LogP contribution is 2.10. The standard InChI is InChI=1S/C11H14FN3O/c12-8-4-5-10(14-7-8)15-11(16)9-3-1-2-6-13-9/h4-5,7,9,13H,1-3,6H2,(H,14,15,16)/t9-/m1/s1. The predicted molar refractivity (Wildman–Crippen MR) is 58.5 cm³/mol. The molecule has 0 aliphatic carbocycles. The summed E-state index contributed by atoms with van der Waals surface area (Å²) in [6, 6.07) is 2.58. The molecule has 16 heavy (non-hydrogen) atoms. The monoisotopic (exact) mass is 223 g/mol. The zero-order chi connectivity index (χ0) is 11.4. The minimum Gasteiger partial charge on any atom is -0.309 e. The highest BCUT2D eigenvalue weighted by atomic mass is 19.1. The SMILES string of the molecule is O=C(Nc1ccc(F)cn1)[C@H]1CCCCN1. The van der Waals surface area contributed by atoms with Crippen LogP contribution in [0, 0.1) is 5.82 Å². The van der Waals surface area contributed by atoms with Crippen LogP contribution in [0.25, 0.3) is 0 Å². The van der Waals surface area contributed by atoms with Crippen LogP contribution in [-0.2, 0) is 4.79 Å². The van der Waals surface area contributed by atoms with Gasteiger partial charge in [0.15, 0.2) is 0 Å². The first kappa shape index (κ1) is 11.0. The van der Waals surface area contributed by atoms with Crippen LogP contribution in [-0.4, -0.2) is 23.5 Å². The zero-order valence-electron chi connectivity index (χ0n) is 8.87. The van der Waals surface area contributed by atoms with Crippen molar-refractivity contribution in [3.8, 4) is 0 Å². The molecule has 1 aliphatic heterocycles. The number of halogens is 1. The third-order valence-electron chi connectivity index (χ3n) is 2.61. The van der Waals surface area contributed by atoms with Crippen LogP contribution < -0.4 is 10.6 Å². The topological polar surface area (TPSA) is 54.0 Å². The summed E-state index contributed by atoms with van der Waals surface area (Å²) in [5.74, 6) is -0.119. The van der Waals surface area contributed by atoms with E-state index in [2.05, 4.69) is 15.6 Å².